The van der Waals surface area contributed by atoms with Crippen LogP contribution in [-0.2, 0) is 22.5 Å². The molecule has 1 N–H and O–H groups in total. The van der Waals surface area contributed by atoms with Crippen molar-refractivity contribution in [1.82, 2.24) is 4.98 Å². The number of carbonyl (C=O) groups excluding carboxylic acids is 1. The number of halogens is 2. The van der Waals surface area contributed by atoms with Crippen molar-refractivity contribution >= 4 is 27.6 Å². The van der Waals surface area contributed by atoms with E-state index in [1.807, 2.05) is 12.1 Å². The van der Waals surface area contributed by atoms with Gasteiger partial charge in [0.15, 0.2) is 0 Å². The zero-order chi connectivity index (χ0) is 16.9. The van der Waals surface area contributed by atoms with Gasteiger partial charge in [0.05, 0.1) is 24.4 Å². The average Bonchev–Trinajstić information content (AvgIpc) is 3.42. The van der Waals surface area contributed by atoms with Gasteiger partial charge in [-0.25, -0.2) is 4.39 Å². The first-order chi connectivity index (χ1) is 11.6. The topological polar surface area (TPSA) is 51.2 Å². The Balaban J connectivity index is 1.47. The summed E-state index contributed by atoms with van der Waals surface area (Å²) in [6.45, 7) is 0.740. The van der Waals surface area contributed by atoms with Gasteiger partial charge in [0.25, 0.3) is 0 Å². The van der Waals surface area contributed by atoms with E-state index in [-0.39, 0.29) is 17.7 Å². The summed E-state index contributed by atoms with van der Waals surface area (Å²) in [7, 11) is 0. The summed E-state index contributed by atoms with van der Waals surface area (Å²) in [6, 6.07) is 8.63. The molecule has 0 aliphatic heterocycles. The van der Waals surface area contributed by atoms with E-state index in [0.29, 0.717) is 25.1 Å². The first-order valence-electron chi connectivity index (χ1n) is 7.91. The maximum atomic E-state index is 13.7. The fourth-order valence-electron chi connectivity index (χ4n) is 2.25. The Morgan fingerprint density at radius 1 is 1.33 bits per heavy atom. The molecule has 0 saturated heterocycles. The smallest absolute Gasteiger partial charge is 0.308 e. The highest BCUT2D eigenvalue weighted by Gasteiger charge is 2.30. The summed E-state index contributed by atoms with van der Waals surface area (Å²) in [5, 5.41) is 3.15. The van der Waals surface area contributed by atoms with Crippen molar-refractivity contribution in [3.63, 3.8) is 0 Å². The van der Waals surface area contributed by atoms with E-state index in [1.165, 1.54) is 6.07 Å². The summed E-state index contributed by atoms with van der Waals surface area (Å²) in [4.78, 5) is 15.8. The molecule has 0 atom stereocenters. The Morgan fingerprint density at radius 3 is 2.88 bits per heavy atom. The lowest BCUT2D eigenvalue weighted by atomic mass is 10.2. The molecule has 1 aromatic heterocycles. The molecule has 1 heterocycles. The molecule has 126 valence electrons. The molecule has 4 nitrogen and oxygen atoms in total. The fourth-order valence-corrected chi connectivity index (χ4v) is 2.65. The molecule has 0 spiro atoms. The fraction of sp³-hybridized carbons (Fsp3) is 0.333. The lowest BCUT2D eigenvalue weighted by molar-refractivity contribution is -0.145. The van der Waals surface area contributed by atoms with E-state index < -0.39 is 0 Å². The zero-order valence-corrected chi connectivity index (χ0v) is 14.7. The Bertz CT molecular complexity index is 717. The second-order valence-corrected chi connectivity index (χ2v) is 6.73. The Labute approximate surface area is 148 Å². The Kier molecular flexibility index (Phi) is 5.45. The second kappa shape index (κ2) is 7.75. The highest BCUT2D eigenvalue weighted by molar-refractivity contribution is 9.10. The van der Waals surface area contributed by atoms with Crippen LogP contribution >= 0.6 is 15.9 Å². The van der Waals surface area contributed by atoms with Gasteiger partial charge < -0.3 is 10.1 Å². The average molecular weight is 393 g/mol. The molecule has 6 heteroatoms. The largest absolute Gasteiger partial charge is 0.465 e. The number of nitrogens with zero attached hydrogens (tertiary/aromatic N) is 1. The molecule has 0 radical (unpaired) electrons. The molecule has 1 fully saturated rings. The minimum Gasteiger partial charge on any atom is -0.465 e. The number of hydrogen-bond acceptors (Lipinski definition) is 4. The number of benzene rings is 1. The summed E-state index contributed by atoms with van der Waals surface area (Å²) < 4.78 is 19.7. The molecule has 1 aliphatic rings. The van der Waals surface area contributed by atoms with Gasteiger partial charge in [-0.2, -0.15) is 0 Å². The number of esters is 1. The molecule has 0 amide bonds. The van der Waals surface area contributed by atoms with Gasteiger partial charge in [-0.1, -0.05) is 15.9 Å². The highest BCUT2D eigenvalue weighted by Crippen LogP contribution is 2.30. The van der Waals surface area contributed by atoms with E-state index in [2.05, 4.69) is 26.2 Å². The van der Waals surface area contributed by atoms with Gasteiger partial charge in [0, 0.05) is 28.7 Å². The molecule has 2 aromatic rings. The number of anilines is 1. The van der Waals surface area contributed by atoms with Crippen LogP contribution in [0.4, 0.5) is 10.1 Å². The molecule has 0 unspecified atom stereocenters. The molecule has 1 saturated carbocycles. The first-order valence-corrected chi connectivity index (χ1v) is 8.70. The third-order valence-corrected chi connectivity index (χ3v) is 4.32. The third kappa shape index (κ3) is 4.77. The van der Waals surface area contributed by atoms with Gasteiger partial charge >= 0.3 is 5.97 Å². The monoisotopic (exact) mass is 392 g/mol. The quantitative estimate of drug-likeness (QED) is 0.720. The number of carbonyl (C=O) groups is 1. The SMILES string of the molecule is O=C(OCCc1ccc(NCc2cc(Br)ccc2F)cn1)C1CC1. The number of aromatic nitrogens is 1. The number of ether oxygens (including phenoxy) is 1. The standard InChI is InChI=1S/C18H18BrFN2O2/c19-14-3-6-17(20)13(9-14)10-21-16-5-4-15(22-11-16)7-8-24-18(23)12-1-2-12/h3-6,9,11-12,21H,1-2,7-8,10H2. The summed E-state index contributed by atoms with van der Waals surface area (Å²) in [6.07, 6.45) is 4.21. The maximum absolute atomic E-state index is 13.7. The number of rotatable bonds is 7. The van der Waals surface area contributed by atoms with Gasteiger partial charge in [-0.15, -0.1) is 0 Å². The molecular formula is C18H18BrFN2O2. The minimum atomic E-state index is -0.243. The predicted molar refractivity (Wildman–Crippen MR) is 93.1 cm³/mol. The normalized spacial score (nSPS) is 13.6. The van der Waals surface area contributed by atoms with E-state index >= 15 is 0 Å². The van der Waals surface area contributed by atoms with Crippen LogP contribution < -0.4 is 5.32 Å². The van der Waals surface area contributed by atoms with Crippen molar-refractivity contribution in [3.8, 4) is 0 Å². The third-order valence-electron chi connectivity index (χ3n) is 3.83. The van der Waals surface area contributed by atoms with Crippen molar-refractivity contribution < 1.29 is 13.9 Å². The summed E-state index contributed by atoms with van der Waals surface area (Å²) in [5.74, 6) is -0.208. The molecule has 0 bridgehead atoms. The van der Waals surface area contributed by atoms with E-state index in [1.54, 1.807) is 18.3 Å². The number of pyridine rings is 1. The van der Waals surface area contributed by atoms with Crippen molar-refractivity contribution in [2.24, 2.45) is 5.92 Å². The van der Waals surface area contributed by atoms with E-state index in [9.17, 15) is 9.18 Å². The van der Waals surface area contributed by atoms with Crippen LogP contribution in [0.3, 0.4) is 0 Å². The minimum absolute atomic E-state index is 0.0932. The molecule has 3 rings (SSSR count). The van der Waals surface area contributed by atoms with Gasteiger partial charge in [0.2, 0.25) is 0 Å². The van der Waals surface area contributed by atoms with Gasteiger partial charge in [0.1, 0.15) is 5.82 Å². The Morgan fingerprint density at radius 2 is 2.17 bits per heavy atom. The first kappa shape index (κ1) is 16.9. The molecular weight excluding hydrogens is 375 g/mol. The molecule has 1 aromatic carbocycles. The van der Waals surface area contributed by atoms with E-state index in [0.717, 1.165) is 28.7 Å². The van der Waals surface area contributed by atoms with Crippen LogP contribution in [0.1, 0.15) is 24.1 Å². The zero-order valence-electron chi connectivity index (χ0n) is 13.1. The lowest BCUT2D eigenvalue weighted by Crippen LogP contribution is -2.10. The van der Waals surface area contributed by atoms with Crippen molar-refractivity contribution in [3.05, 3.63) is 58.1 Å². The lowest BCUT2D eigenvalue weighted by Gasteiger charge is -2.09. The van der Waals surface area contributed by atoms with Gasteiger partial charge in [-0.3, -0.25) is 9.78 Å². The van der Waals surface area contributed by atoms with E-state index in [4.69, 9.17) is 4.74 Å². The number of nitrogens with one attached hydrogen (secondary N) is 1. The van der Waals surface area contributed by atoms with Crippen LogP contribution in [-0.4, -0.2) is 17.6 Å². The van der Waals surface area contributed by atoms with Crippen molar-refractivity contribution in [2.45, 2.75) is 25.8 Å². The Hall–Kier alpha value is -1.95. The highest BCUT2D eigenvalue weighted by atomic mass is 79.9. The predicted octanol–water partition coefficient (Wildman–Crippen LogP) is 4.09. The molecule has 1 aliphatic carbocycles. The van der Waals surface area contributed by atoms with Crippen LogP contribution in [0.2, 0.25) is 0 Å². The van der Waals surface area contributed by atoms with Crippen LogP contribution in [0.25, 0.3) is 0 Å². The number of hydrogen-bond donors (Lipinski definition) is 1. The maximum Gasteiger partial charge on any atom is 0.308 e. The second-order valence-electron chi connectivity index (χ2n) is 5.82. The van der Waals surface area contributed by atoms with Crippen LogP contribution in [0.5, 0.6) is 0 Å². The summed E-state index contributed by atoms with van der Waals surface area (Å²) >= 11 is 3.34. The van der Waals surface area contributed by atoms with Gasteiger partial charge in [-0.05, 0) is 43.2 Å². The van der Waals surface area contributed by atoms with Crippen LogP contribution in [0, 0.1) is 11.7 Å². The summed E-state index contributed by atoms with van der Waals surface area (Å²) in [5.41, 5.74) is 2.26. The molecule has 24 heavy (non-hydrogen) atoms. The van der Waals surface area contributed by atoms with Crippen molar-refractivity contribution in [1.29, 1.82) is 0 Å². The van der Waals surface area contributed by atoms with Crippen LogP contribution in [0.15, 0.2) is 41.0 Å². The van der Waals surface area contributed by atoms with Crippen molar-refractivity contribution in [2.75, 3.05) is 11.9 Å².